The van der Waals surface area contributed by atoms with Crippen LogP contribution in [0, 0.1) is 0 Å². The minimum absolute atomic E-state index is 0.0351. The Morgan fingerprint density at radius 3 is 2.50 bits per heavy atom. The predicted molar refractivity (Wildman–Crippen MR) is 101 cm³/mol. The van der Waals surface area contributed by atoms with Gasteiger partial charge in [-0.05, 0) is 29.9 Å². The highest BCUT2D eigenvalue weighted by atomic mass is 32.1. The molecule has 0 radical (unpaired) electrons. The standard InChI is InChI=1S/C18H24N4OS/c1-19-18(21-12-10-16-8-5-13-24-16)22-14-17(23)20-11-9-15-6-3-2-4-7-15/h2-8,13H,9-12,14H2,1H3,(H,20,23)(H2,19,21,22). The molecule has 5 nitrogen and oxygen atoms in total. The summed E-state index contributed by atoms with van der Waals surface area (Å²) in [6.07, 6.45) is 1.78. The molecule has 2 rings (SSSR count). The van der Waals surface area contributed by atoms with Crippen molar-refractivity contribution in [2.75, 3.05) is 26.7 Å². The molecule has 0 aliphatic rings. The minimum Gasteiger partial charge on any atom is -0.356 e. The molecule has 0 bridgehead atoms. The third kappa shape index (κ3) is 6.83. The topological polar surface area (TPSA) is 65.5 Å². The van der Waals surface area contributed by atoms with Crippen molar-refractivity contribution in [3.05, 3.63) is 58.3 Å². The van der Waals surface area contributed by atoms with Crippen molar-refractivity contribution in [2.45, 2.75) is 12.8 Å². The molecule has 3 N–H and O–H groups in total. The summed E-state index contributed by atoms with van der Waals surface area (Å²) < 4.78 is 0. The van der Waals surface area contributed by atoms with E-state index in [9.17, 15) is 4.79 Å². The first-order valence-corrected chi connectivity index (χ1v) is 8.93. The monoisotopic (exact) mass is 344 g/mol. The van der Waals surface area contributed by atoms with Gasteiger partial charge in [0.15, 0.2) is 5.96 Å². The van der Waals surface area contributed by atoms with Gasteiger partial charge in [0.2, 0.25) is 5.91 Å². The van der Waals surface area contributed by atoms with Crippen molar-refractivity contribution in [3.8, 4) is 0 Å². The van der Waals surface area contributed by atoms with E-state index in [2.05, 4.69) is 44.5 Å². The van der Waals surface area contributed by atoms with Crippen LogP contribution in [0.15, 0.2) is 52.8 Å². The Hall–Kier alpha value is -2.34. The van der Waals surface area contributed by atoms with Crippen LogP contribution in [0.5, 0.6) is 0 Å². The summed E-state index contributed by atoms with van der Waals surface area (Å²) in [5, 5.41) is 11.2. The summed E-state index contributed by atoms with van der Waals surface area (Å²) >= 11 is 1.74. The van der Waals surface area contributed by atoms with Gasteiger partial charge in [-0.2, -0.15) is 0 Å². The molecule has 0 saturated heterocycles. The zero-order valence-corrected chi connectivity index (χ0v) is 14.7. The largest absolute Gasteiger partial charge is 0.356 e. The third-order valence-electron chi connectivity index (χ3n) is 3.46. The third-order valence-corrected chi connectivity index (χ3v) is 4.40. The number of nitrogens with one attached hydrogen (secondary N) is 3. The second-order valence-corrected chi connectivity index (χ2v) is 6.30. The second-order valence-electron chi connectivity index (χ2n) is 5.27. The molecule has 2 aromatic rings. The lowest BCUT2D eigenvalue weighted by Crippen LogP contribution is -2.44. The number of aliphatic imine (C=N–C) groups is 1. The van der Waals surface area contributed by atoms with Gasteiger partial charge < -0.3 is 16.0 Å². The van der Waals surface area contributed by atoms with E-state index in [4.69, 9.17) is 0 Å². The van der Waals surface area contributed by atoms with Crippen molar-refractivity contribution in [3.63, 3.8) is 0 Å². The van der Waals surface area contributed by atoms with Crippen molar-refractivity contribution < 1.29 is 4.79 Å². The van der Waals surface area contributed by atoms with E-state index in [1.54, 1.807) is 18.4 Å². The molecular formula is C18H24N4OS. The Balaban J connectivity index is 1.58. The van der Waals surface area contributed by atoms with Gasteiger partial charge in [0.25, 0.3) is 0 Å². The van der Waals surface area contributed by atoms with Gasteiger partial charge in [-0.25, -0.2) is 0 Å². The van der Waals surface area contributed by atoms with Gasteiger partial charge >= 0.3 is 0 Å². The molecule has 1 heterocycles. The van der Waals surface area contributed by atoms with Gasteiger partial charge in [-0.1, -0.05) is 36.4 Å². The molecule has 6 heteroatoms. The first-order chi connectivity index (χ1) is 11.8. The van der Waals surface area contributed by atoms with Crippen molar-refractivity contribution in [1.82, 2.24) is 16.0 Å². The van der Waals surface area contributed by atoms with Crippen LogP contribution in [0.1, 0.15) is 10.4 Å². The number of thiophene rings is 1. The summed E-state index contributed by atoms with van der Waals surface area (Å²) in [7, 11) is 1.70. The fraction of sp³-hybridized carbons (Fsp3) is 0.333. The minimum atomic E-state index is -0.0351. The lowest BCUT2D eigenvalue weighted by atomic mass is 10.1. The first kappa shape index (κ1) is 18.0. The van der Waals surface area contributed by atoms with Crippen LogP contribution in [0.25, 0.3) is 0 Å². The molecule has 24 heavy (non-hydrogen) atoms. The number of carbonyl (C=O) groups is 1. The van der Waals surface area contributed by atoms with Gasteiger partial charge in [-0.15, -0.1) is 11.3 Å². The second kappa shape index (κ2) is 10.4. The lowest BCUT2D eigenvalue weighted by molar-refractivity contribution is -0.119. The summed E-state index contributed by atoms with van der Waals surface area (Å²) in [6, 6.07) is 14.3. The molecule has 128 valence electrons. The van der Waals surface area contributed by atoms with Gasteiger partial charge in [0.05, 0.1) is 6.54 Å². The maximum absolute atomic E-state index is 11.9. The van der Waals surface area contributed by atoms with Crippen LogP contribution in [0.2, 0.25) is 0 Å². The van der Waals surface area contributed by atoms with Gasteiger partial charge in [-0.3, -0.25) is 9.79 Å². The molecule has 0 aliphatic heterocycles. The Bertz CT molecular complexity index is 626. The van der Waals surface area contributed by atoms with Crippen LogP contribution in [-0.4, -0.2) is 38.5 Å². The van der Waals surface area contributed by atoms with Crippen molar-refractivity contribution in [2.24, 2.45) is 4.99 Å². The van der Waals surface area contributed by atoms with E-state index in [0.717, 1.165) is 19.4 Å². The number of guanidine groups is 1. The molecular weight excluding hydrogens is 320 g/mol. The van der Waals surface area contributed by atoms with E-state index in [1.807, 2.05) is 24.3 Å². The molecule has 0 saturated carbocycles. The molecule has 0 fully saturated rings. The van der Waals surface area contributed by atoms with Crippen molar-refractivity contribution in [1.29, 1.82) is 0 Å². The summed E-state index contributed by atoms with van der Waals surface area (Å²) in [5.41, 5.74) is 1.22. The highest BCUT2D eigenvalue weighted by molar-refractivity contribution is 7.09. The predicted octanol–water partition coefficient (Wildman–Crippen LogP) is 1.81. The zero-order chi connectivity index (χ0) is 17.0. The van der Waals surface area contributed by atoms with Gasteiger partial charge in [0, 0.05) is 25.0 Å². The number of hydrogen-bond donors (Lipinski definition) is 3. The van der Waals surface area contributed by atoms with E-state index < -0.39 is 0 Å². The van der Waals surface area contributed by atoms with E-state index in [0.29, 0.717) is 12.5 Å². The van der Waals surface area contributed by atoms with E-state index >= 15 is 0 Å². The Labute approximate surface area is 147 Å². The average molecular weight is 344 g/mol. The van der Waals surface area contributed by atoms with Crippen molar-refractivity contribution >= 4 is 23.2 Å². The van der Waals surface area contributed by atoms with Crippen LogP contribution < -0.4 is 16.0 Å². The first-order valence-electron chi connectivity index (χ1n) is 8.05. The number of benzene rings is 1. The molecule has 1 aromatic heterocycles. The molecule has 0 spiro atoms. The Morgan fingerprint density at radius 1 is 1.00 bits per heavy atom. The highest BCUT2D eigenvalue weighted by Gasteiger charge is 2.03. The number of nitrogens with zero attached hydrogens (tertiary/aromatic N) is 1. The molecule has 0 aliphatic carbocycles. The molecule has 0 atom stereocenters. The van der Waals surface area contributed by atoms with Crippen LogP contribution >= 0.6 is 11.3 Å². The SMILES string of the molecule is CN=C(NCCc1cccs1)NCC(=O)NCCc1ccccc1. The van der Waals surface area contributed by atoms with Crippen LogP contribution in [0.3, 0.4) is 0 Å². The Kier molecular flexibility index (Phi) is 7.83. The fourth-order valence-corrected chi connectivity index (χ4v) is 2.91. The number of amides is 1. The maximum Gasteiger partial charge on any atom is 0.239 e. The summed E-state index contributed by atoms with van der Waals surface area (Å²) in [6.45, 7) is 1.64. The zero-order valence-electron chi connectivity index (χ0n) is 13.9. The smallest absolute Gasteiger partial charge is 0.239 e. The quantitative estimate of drug-likeness (QED) is 0.505. The van der Waals surface area contributed by atoms with Gasteiger partial charge in [0.1, 0.15) is 0 Å². The molecule has 1 aromatic carbocycles. The summed E-state index contributed by atoms with van der Waals surface area (Å²) in [5.74, 6) is 0.608. The number of rotatable bonds is 8. The average Bonchev–Trinajstić information content (AvgIpc) is 3.12. The highest BCUT2D eigenvalue weighted by Crippen LogP contribution is 2.07. The maximum atomic E-state index is 11.9. The fourth-order valence-electron chi connectivity index (χ4n) is 2.20. The van der Waals surface area contributed by atoms with Crippen LogP contribution in [-0.2, 0) is 17.6 Å². The normalized spacial score (nSPS) is 11.1. The lowest BCUT2D eigenvalue weighted by Gasteiger charge is -2.11. The van der Waals surface area contributed by atoms with E-state index in [1.165, 1.54) is 10.4 Å². The molecule has 0 unspecified atom stereocenters. The van der Waals surface area contributed by atoms with E-state index in [-0.39, 0.29) is 12.5 Å². The summed E-state index contributed by atoms with van der Waals surface area (Å²) in [4.78, 5) is 17.3. The Morgan fingerprint density at radius 2 is 1.79 bits per heavy atom. The van der Waals surface area contributed by atoms with Crippen LogP contribution in [0.4, 0.5) is 0 Å². The number of hydrogen-bond acceptors (Lipinski definition) is 3. The molecule has 1 amide bonds. The number of carbonyl (C=O) groups excluding carboxylic acids is 1.